The number of nitrogens with one attached hydrogen (secondary N) is 1. The summed E-state index contributed by atoms with van der Waals surface area (Å²) in [5, 5.41) is 3.97. The van der Waals surface area contributed by atoms with Crippen LogP contribution in [0, 0.1) is 0 Å². The third-order valence-electron chi connectivity index (χ3n) is 5.47. The predicted octanol–water partition coefficient (Wildman–Crippen LogP) is 3.65. The molecule has 3 unspecified atom stereocenters. The molecular formula is C17H23BrN2. The van der Waals surface area contributed by atoms with Crippen molar-refractivity contribution in [2.75, 3.05) is 13.1 Å². The van der Waals surface area contributed by atoms with E-state index in [0.29, 0.717) is 6.04 Å². The van der Waals surface area contributed by atoms with E-state index in [0.717, 1.165) is 12.1 Å². The molecule has 4 rings (SSSR count). The van der Waals surface area contributed by atoms with Gasteiger partial charge in [-0.25, -0.2) is 0 Å². The second kappa shape index (κ2) is 5.43. The first-order chi connectivity index (χ1) is 9.81. The lowest BCUT2D eigenvalue weighted by Crippen LogP contribution is -2.46. The smallest absolute Gasteiger partial charge is 0.0328 e. The molecule has 2 fully saturated rings. The first-order valence-corrected chi connectivity index (χ1v) is 8.88. The van der Waals surface area contributed by atoms with Gasteiger partial charge in [-0.05, 0) is 68.8 Å². The van der Waals surface area contributed by atoms with Crippen LogP contribution in [0.4, 0.5) is 0 Å². The van der Waals surface area contributed by atoms with Gasteiger partial charge in [0, 0.05) is 22.6 Å². The number of fused-ring (bicyclic) bond motifs is 2. The number of nitrogens with zero attached hydrogens (tertiary/aromatic N) is 1. The van der Waals surface area contributed by atoms with E-state index in [-0.39, 0.29) is 0 Å². The highest BCUT2D eigenvalue weighted by Gasteiger charge is 2.33. The molecular weight excluding hydrogens is 312 g/mol. The third kappa shape index (κ3) is 2.34. The summed E-state index contributed by atoms with van der Waals surface area (Å²) in [4.78, 5) is 2.71. The zero-order valence-electron chi connectivity index (χ0n) is 11.9. The number of hydrogen-bond acceptors (Lipinski definition) is 2. The number of halogens is 1. The number of piperidine rings is 1. The Morgan fingerprint density at radius 1 is 1.15 bits per heavy atom. The standard InChI is InChI=1S/C17H23BrN2/c18-16-5-1-4-15-14(16)6-7-17(15)19-12-8-10-20-9-2-3-13(20)11-12/h1,4-5,12-13,17,19H,2-3,6-11H2. The minimum atomic E-state index is 0.584. The molecule has 2 aliphatic heterocycles. The van der Waals surface area contributed by atoms with E-state index in [1.165, 1.54) is 67.2 Å². The molecule has 1 aromatic rings. The van der Waals surface area contributed by atoms with Crippen molar-refractivity contribution in [2.24, 2.45) is 0 Å². The third-order valence-corrected chi connectivity index (χ3v) is 6.21. The van der Waals surface area contributed by atoms with Crippen molar-refractivity contribution in [3.8, 4) is 0 Å². The first kappa shape index (κ1) is 13.3. The van der Waals surface area contributed by atoms with Gasteiger partial charge in [-0.15, -0.1) is 0 Å². The van der Waals surface area contributed by atoms with Gasteiger partial charge in [0.05, 0.1) is 0 Å². The van der Waals surface area contributed by atoms with Crippen LogP contribution >= 0.6 is 15.9 Å². The van der Waals surface area contributed by atoms with Crippen LogP contribution in [0.5, 0.6) is 0 Å². The van der Waals surface area contributed by atoms with Gasteiger partial charge in [-0.2, -0.15) is 0 Å². The van der Waals surface area contributed by atoms with Gasteiger partial charge in [-0.3, -0.25) is 0 Å². The Labute approximate surface area is 130 Å². The molecule has 2 nitrogen and oxygen atoms in total. The second-order valence-corrected chi connectivity index (χ2v) is 7.47. The molecule has 2 heterocycles. The summed E-state index contributed by atoms with van der Waals surface area (Å²) >= 11 is 3.70. The van der Waals surface area contributed by atoms with Gasteiger partial charge in [-0.1, -0.05) is 28.1 Å². The number of hydrogen-bond donors (Lipinski definition) is 1. The predicted molar refractivity (Wildman–Crippen MR) is 86.0 cm³/mol. The molecule has 3 aliphatic rings. The molecule has 3 heteroatoms. The average molecular weight is 335 g/mol. The molecule has 0 saturated carbocycles. The Morgan fingerprint density at radius 2 is 2.10 bits per heavy atom. The van der Waals surface area contributed by atoms with Crippen molar-refractivity contribution in [3.05, 3.63) is 33.8 Å². The zero-order valence-corrected chi connectivity index (χ0v) is 13.5. The molecule has 0 amide bonds. The highest BCUT2D eigenvalue weighted by Crippen LogP contribution is 2.37. The summed E-state index contributed by atoms with van der Waals surface area (Å²) in [7, 11) is 0. The summed E-state index contributed by atoms with van der Waals surface area (Å²) in [5.41, 5.74) is 3.07. The van der Waals surface area contributed by atoms with E-state index < -0.39 is 0 Å². The van der Waals surface area contributed by atoms with Gasteiger partial charge in [0.2, 0.25) is 0 Å². The first-order valence-electron chi connectivity index (χ1n) is 8.08. The molecule has 0 aromatic heterocycles. The SMILES string of the molecule is Brc1cccc2c1CCC2NC1CCN2CCCC2C1. The van der Waals surface area contributed by atoms with Crippen molar-refractivity contribution in [3.63, 3.8) is 0 Å². The van der Waals surface area contributed by atoms with E-state index in [9.17, 15) is 0 Å². The quantitative estimate of drug-likeness (QED) is 0.887. The van der Waals surface area contributed by atoms with Crippen LogP contribution in [-0.2, 0) is 6.42 Å². The monoisotopic (exact) mass is 334 g/mol. The maximum absolute atomic E-state index is 3.97. The maximum atomic E-state index is 3.97. The normalized spacial score (nSPS) is 33.1. The fourth-order valence-electron chi connectivity index (χ4n) is 4.44. The maximum Gasteiger partial charge on any atom is 0.0328 e. The minimum absolute atomic E-state index is 0.584. The Bertz CT molecular complexity index is 502. The lowest BCUT2D eigenvalue weighted by Gasteiger charge is -2.36. The molecule has 1 aliphatic carbocycles. The summed E-state index contributed by atoms with van der Waals surface area (Å²) < 4.78 is 1.30. The van der Waals surface area contributed by atoms with Crippen molar-refractivity contribution < 1.29 is 0 Å². The van der Waals surface area contributed by atoms with Crippen molar-refractivity contribution in [2.45, 2.75) is 56.7 Å². The molecule has 108 valence electrons. The fraction of sp³-hybridized carbons (Fsp3) is 0.647. The highest BCUT2D eigenvalue weighted by molar-refractivity contribution is 9.10. The Hall–Kier alpha value is -0.380. The van der Waals surface area contributed by atoms with E-state index in [1.807, 2.05) is 0 Å². The average Bonchev–Trinajstić information content (AvgIpc) is 3.06. The molecule has 0 radical (unpaired) electrons. The zero-order chi connectivity index (χ0) is 13.5. The molecule has 2 saturated heterocycles. The van der Waals surface area contributed by atoms with Gasteiger partial charge in [0.1, 0.15) is 0 Å². The summed E-state index contributed by atoms with van der Waals surface area (Å²) in [5.74, 6) is 0. The topological polar surface area (TPSA) is 15.3 Å². The van der Waals surface area contributed by atoms with Crippen molar-refractivity contribution >= 4 is 15.9 Å². The van der Waals surface area contributed by atoms with Crippen LogP contribution in [0.15, 0.2) is 22.7 Å². The van der Waals surface area contributed by atoms with E-state index in [4.69, 9.17) is 0 Å². The lowest BCUT2D eigenvalue weighted by molar-refractivity contribution is 0.161. The molecule has 1 N–H and O–H groups in total. The van der Waals surface area contributed by atoms with Crippen molar-refractivity contribution in [1.29, 1.82) is 0 Å². The highest BCUT2D eigenvalue weighted by atomic mass is 79.9. The largest absolute Gasteiger partial charge is 0.307 e. The second-order valence-electron chi connectivity index (χ2n) is 6.62. The van der Waals surface area contributed by atoms with Crippen LogP contribution in [0.3, 0.4) is 0 Å². The summed E-state index contributed by atoms with van der Waals surface area (Å²) in [6.45, 7) is 2.65. The Balaban J connectivity index is 1.45. The van der Waals surface area contributed by atoms with Crippen LogP contribution in [0.25, 0.3) is 0 Å². The molecule has 1 aromatic carbocycles. The van der Waals surface area contributed by atoms with Crippen LogP contribution in [-0.4, -0.2) is 30.1 Å². The van der Waals surface area contributed by atoms with Gasteiger partial charge < -0.3 is 10.2 Å². The number of benzene rings is 1. The molecule has 0 bridgehead atoms. The van der Waals surface area contributed by atoms with Crippen LogP contribution in [0.1, 0.15) is 49.3 Å². The lowest BCUT2D eigenvalue weighted by atomic mass is 9.96. The van der Waals surface area contributed by atoms with Gasteiger partial charge >= 0.3 is 0 Å². The number of rotatable bonds is 2. The van der Waals surface area contributed by atoms with Gasteiger partial charge in [0.25, 0.3) is 0 Å². The summed E-state index contributed by atoms with van der Waals surface area (Å²) in [6.07, 6.45) is 8.01. The van der Waals surface area contributed by atoms with Crippen LogP contribution < -0.4 is 5.32 Å². The molecule has 3 atom stereocenters. The van der Waals surface area contributed by atoms with E-state index in [2.05, 4.69) is 44.3 Å². The van der Waals surface area contributed by atoms with E-state index in [1.54, 1.807) is 0 Å². The minimum Gasteiger partial charge on any atom is -0.307 e. The Morgan fingerprint density at radius 3 is 3.05 bits per heavy atom. The van der Waals surface area contributed by atoms with E-state index >= 15 is 0 Å². The van der Waals surface area contributed by atoms with Crippen LogP contribution in [0.2, 0.25) is 0 Å². The molecule has 20 heavy (non-hydrogen) atoms. The fourth-order valence-corrected chi connectivity index (χ4v) is 5.02. The Kier molecular flexibility index (Phi) is 3.61. The summed E-state index contributed by atoms with van der Waals surface area (Å²) in [6, 6.07) is 8.85. The van der Waals surface area contributed by atoms with Gasteiger partial charge in [0.15, 0.2) is 0 Å². The molecule has 0 spiro atoms. The van der Waals surface area contributed by atoms with Crippen molar-refractivity contribution in [1.82, 2.24) is 10.2 Å².